The van der Waals surface area contributed by atoms with Crippen LogP contribution in [0.4, 0.5) is 13.2 Å². The highest BCUT2D eigenvalue weighted by Gasteiger charge is 2.36. The quantitative estimate of drug-likeness (QED) is 0.523. The Labute approximate surface area is 181 Å². The molecule has 31 heavy (non-hydrogen) atoms. The summed E-state index contributed by atoms with van der Waals surface area (Å²) in [6.45, 7) is 4.83. The van der Waals surface area contributed by atoms with E-state index in [1.165, 1.54) is 0 Å². The summed E-state index contributed by atoms with van der Waals surface area (Å²) in [4.78, 5) is 13.7. The molecule has 0 radical (unpaired) electrons. The number of aliphatic carboxylic acids is 1. The summed E-state index contributed by atoms with van der Waals surface area (Å²) in [5.41, 5.74) is 2.53. The Hall–Kier alpha value is -2.34. The van der Waals surface area contributed by atoms with Crippen LogP contribution in [0.2, 0.25) is 0 Å². The van der Waals surface area contributed by atoms with Gasteiger partial charge in [-0.3, -0.25) is 9.69 Å². The van der Waals surface area contributed by atoms with Gasteiger partial charge in [-0.2, -0.15) is 13.2 Å². The minimum atomic E-state index is -4.35. The summed E-state index contributed by atoms with van der Waals surface area (Å²) < 4.78 is 39.1. The van der Waals surface area contributed by atoms with E-state index in [1.54, 1.807) is 12.1 Å². The fourth-order valence-electron chi connectivity index (χ4n) is 4.67. The minimum Gasteiger partial charge on any atom is -0.481 e. The number of carbonyl (C=O) groups is 1. The number of carboxylic acids is 1. The van der Waals surface area contributed by atoms with E-state index < -0.39 is 17.7 Å². The number of hydrogen-bond donors (Lipinski definition) is 1. The number of alkyl halides is 3. The highest BCUT2D eigenvalue weighted by atomic mass is 19.4. The first-order valence-corrected chi connectivity index (χ1v) is 10.9. The molecule has 1 saturated heterocycles. The van der Waals surface area contributed by atoms with Crippen LogP contribution < -0.4 is 0 Å². The van der Waals surface area contributed by atoms with Crippen molar-refractivity contribution in [3.05, 3.63) is 70.8 Å². The van der Waals surface area contributed by atoms with Crippen LogP contribution in [0.15, 0.2) is 48.5 Å². The van der Waals surface area contributed by atoms with Crippen molar-refractivity contribution in [2.75, 3.05) is 6.54 Å². The first-order valence-electron chi connectivity index (χ1n) is 10.9. The molecule has 0 amide bonds. The monoisotopic (exact) mass is 433 g/mol. The van der Waals surface area contributed by atoms with Crippen LogP contribution in [0.25, 0.3) is 0 Å². The summed E-state index contributed by atoms with van der Waals surface area (Å²) in [7, 11) is 0. The number of hydrogen-bond acceptors (Lipinski definition) is 2. The third-order valence-corrected chi connectivity index (χ3v) is 6.26. The second-order valence-corrected chi connectivity index (χ2v) is 8.58. The van der Waals surface area contributed by atoms with Crippen molar-refractivity contribution in [3.63, 3.8) is 0 Å². The van der Waals surface area contributed by atoms with Gasteiger partial charge in [0.1, 0.15) is 0 Å². The summed E-state index contributed by atoms with van der Waals surface area (Å²) in [6, 6.07) is 13.8. The van der Waals surface area contributed by atoms with E-state index in [2.05, 4.69) is 36.1 Å². The van der Waals surface area contributed by atoms with Crippen molar-refractivity contribution in [2.45, 2.75) is 64.2 Å². The molecular weight excluding hydrogens is 403 g/mol. The van der Waals surface area contributed by atoms with Crippen molar-refractivity contribution in [1.29, 1.82) is 0 Å². The number of nitrogens with zero attached hydrogens (tertiary/aromatic N) is 1. The Morgan fingerprint density at radius 1 is 1.13 bits per heavy atom. The van der Waals surface area contributed by atoms with Gasteiger partial charge in [0.25, 0.3) is 0 Å². The highest BCUT2D eigenvalue weighted by molar-refractivity contribution is 5.67. The van der Waals surface area contributed by atoms with Crippen molar-refractivity contribution < 1.29 is 23.1 Å². The van der Waals surface area contributed by atoms with Crippen LogP contribution in [-0.2, 0) is 11.0 Å². The van der Waals surface area contributed by atoms with Crippen molar-refractivity contribution in [1.82, 2.24) is 4.90 Å². The molecule has 3 nitrogen and oxygen atoms in total. The second kappa shape index (κ2) is 9.86. The molecule has 1 heterocycles. The average molecular weight is 434 g/mol. The van der Waals surface area contributed by atoms with Gasteiger partial charge in [-0.1, -0.05) is 55.3 Å². The van der Waals surface area contributed by atoms with E-state index in [0.717, 1.165) is 61.1 Å². The van der Waals surface area contributed by atoms with Crippen molar-refractivity contribution in [2.24, 2.45) is 5.92 Å². The molecule has 0 aromatic heterocycles. The van der Waals surface area contributed by atoms with Gasteiger partial charge in [0.15, 0.2) is 0 Å². The summed E-state index contributed by atoms with van der Waals surface area (Å²) >= 11 is 0. The molecule has 0 bridgehead atoms. The second-order valence-electron chi connectivity index (χ2n) is 8.58. The molecule has 1 aliphatic rings. The lowest BCUT2D eigenvalue weighted by molar-refractivity contribution is -0.139. The largest absolute Gasteiger partial charge is 0.481 e. The Bertz CT molecular complexity index is 862. The predicted molar refractivity (Wildman–Crippen MR) is 115 cm³/mol. The average Bonchev–Trinajstić information content (AvgIpc) is 2.72. The lowest BCUT2D eigenvalue weighted by Crippen LogP contribution is -2.40. The van der Waals surface area contributed by atoms with Gasteiger partial charge in [-0.05, 0) is 61.9 Å². The fraction of sp³-hybridized carbons (Fsp3) is 0.480. The Kier molecular flexibility index (Phi) is 7.42. The van der Waals surface area contributed by atoms with Gasteiger partial charge in [-0.25, -0.2) is 0 Å². The molecule has 1 aliphatic heterocycles. The number of rotatable bonds is 7. The first kappa shape index (κ1) is 23.3. The van der Waals surface area contributed by atoms with Crippen molar-refractivity contribution >= 4 is 5.97 Å². The number of benzene rings is 2. The van der Waals surface area contributed by atoms with Crippen LogP contribution in [0.1, 0.15) is 73.4 Å². The number of piperidine rings is 1. The summed E-state index contributed by atoms with van der Waals surface area (Å²) in [5.74, 6) is -0.691. The molecule has 3 rings (SSSR count). The number of halogens is 3. The molecule has 2 aromatic rings. The molecule has 0 saturated carbocycles. The fourth-order valence-corrected chi connectivity index (χ4v) is 4.67. The smallest absolute Gasteiger partial charge is 0.416 e. The van der Waals surface area contributed by atoms with Crippen LogP contribution in [0.5, 0.6) is 0 Å². The van der Waals surface area contributed by atoms with Crippen LogP contribution >= 0.6 is 0 Å². The van der Waals surface area contributed by atoms with Crippen LogP contribution in [0.3, 0.4) is 0 Å². The van der Waals surface area contributed by atoms with Crippen LogP contribution in [-0.4, -0.2) is 22.5 Å². The van der Waals surface area contributed by atoms with E-state index in [4.69, 9.17) is 0 Å². The maximum Gasteiger partial charge on any atom is 0.416 e. The lowest BCUT2D eigenvalue weighted by atomic mass is 9.83. The standard InChI is InChI=1S/C25H30F3NO2/c1-3-4-22(19-9-11-21(12-10-19)25(26,27)28)29-14-13-18(16-24(30)31)15-23(29)20-7-5-17(2)6-8-20/h5-12,18,22-23H,3-4,13-16H2,1-2H3,(H,30,31)/t18-,22-,23+/m1/s1. The first-order chi connectivity index (χ1) is 14.7. The molecular formula is C25H30F3NO2. The Morgan fingerprint density at radius 3 is 2.32 bits per heavy atom. The maximum absolute atomic E-state index is 13.0. The van der Waals surface area contributed by atoms with Gasteiger partial charge < -0.3 is 5.11 Å². The molecule has 6 heteroatoms. The number of carboxylic acid groups (broad SMARTS) is 1. The number of likely N-dealkylation sites (tertiary alicyclic amines) is 1. The Balaban J connectivity index is 1.93. The van der Waals surface area contributed by atoms with Crippen molar-refractivity contribution in [3.8, 4) is 0 Å². The summed E-state index contributed by atoms with van der Waals surface area (Å²) in [5, 5.41) is 9.28. The normalized spacial score (nSPS) is 21.1. The molecule has 1 fully saturated rings. The topological polar surface area (TPSA) is 40.5 Å². The van der Waals surface area contributed by atoms with Gasteiger partial charge in [0.05, 0.1) is 5.56 Å². The molecule has 168 valence electrons. The van der Waals surface area contributed by atoms with Gasteiger partial charge >= 0.3 is 12.1 Å². The lowest BCUT2D eigenvalue weighted by Gasteiger charge is -2.44. The minimum absolute atomic E-state index is 0.00985. The zero-order valence-corrected chi connectivity index (χ0v) is 18.0. The van der Waals surface area contributed by atoms with Gasteiger partial charge in [0.2, 0.25) is 0 Å². The van der Waals surface area contributed by atoms with E-state index >= 15 is 0 Å². The zero-order chi connectivity index (χ0) is 22.6. The van der Waals surface area contributed by atoms with E-state index in [9.17, 15) is 23.1 Å². The summed E-state index contributed by atoms with van der Waals surface area (Å²) in [6.07, 6.45) is -0.961. The van der Waals surface area contributed by atoms with Gasteiger partial charge in [-0.15, -0.1) is 0 Å². The molecule has 0 aliphatic carbocycles. The van der Waals surface area contributed by atoms with Gasteiger partial charge in [0, 0.05) is 18.5 Å². The van der Waals surface area contributed by atoms with E-state index in [0.29, 0.717) is 0 Å². The number of aryl methyl sites for hydroxylation is 1. The van der Waals surface area contributed by atoms with E-state index in [1.807, 2.05) is 6.92 Å². The van der Waals surface area contributed by atoms with E-state index in [-0.39, 0.29) is 24.4 Å². The molecule has 2 aromatic carbocycles. The molecule has 3 atom stereocenters. The zero-order valence-electron chi connectivity index (χ0n) is 18.0. The highest BCUT2D eigenvalue weighted by Crippen LogP contribution is 2.42. The third-order valence-electron chi connectivity index (χ3n) is 6.26. The SMILES string of the molecule is CCC[C@H](c1ccc(C(F)(F)F)cc1)N1CC[C@@H](CC(=O)O)C[C@H]1c1ccc(C)cc1. The Morgan fingerprint density at radius 2 is 1.77 bits per heavy atom. The third kappa shape index (κ3) is 5.88. The maximum atomic E-state index is 13.0. The molecule has 1 N–H and O–H groups in total. The molecule has 0 spiro atoms. The predicted octanol–water partition coefficient (Wildman–Crippen LogP) is 6.78. The molecule has 0 unspecified atom stereocenters. The van der Waals surface area contributed by atoms with Crippen LogP contribution in [0, 0.1) is 12.8 Å².